The Bertz CT molecular complexity index is 1050. The number of furan rings is 1. The maximum atomic E-state index is 10.1. The van der Waals surface area contributed by atoms with Crippen LogP contribution in [0.2, 0.25) is 0 Å². The molecular formula is C24H26O6. The molecule has 6 heteroatoms. The molecule has 1 fully saturated rings. The number of ether oxygens (including phenoxy) is 2. The molecule has 0 bridgehead atoms. The topological polar surface area (TPSA) is 92.3 Å². The van der Waals surface area contributed by atoms with Gasteiger partial charge in [0.25, 0.3) is 0 Å². The minimum atomic E-state index is -1.35. The van der Waals surface area contributed by atoms with Crippen LogP contribution in [0.5, 0.6) is 5.75 Å². The van der Waals surface area contributed by atoms with Crippen molar-refractivity contribution in [1.29, 1.82) is 0 Å². The first-order valence-electron chi connectivity index (χ1n) is 10.0. The van der Waals surface area contributed by atoms with Gasteiger partial charge in [0.15, 0.2) is 0 Å². The quantitative estimate of drug-likeness (QED) is 0.608. The van der Waals surface area contributed by atoms with Gasteiger partial charge in [0.1, 0.15) is 35.4 Å². The van der Waals surface area contributed by atoms with Crippen LogP contribution < -0.4 is 4.74 Å². The number of rotatable bonds is 4. The van der Waals surface area contributed by atoms with Gasteiger partial charge in [-0.1, -0.05) is 18.2 Å². The van der Waals surface area contributed by atoms with E-state index in [9.17, 15) is 15.3 Å². The van der Waals surface area contributed by atoms with E-state index in [-0.39, 0.29) is 0 Å². The van der Waals surface area contributed by atoms with Crippen molar-refractivity contribution in [2.75, 3.05) is 0 Å². The Hall–Kier alpha value is -2.64. The lowest BCUT2D eigenvalue weighted by molar-refractivity contribution is -0.268. The van der Waals surface area contributed by atoms with Crippen LogP contribution in [-0.2, 0) is 4.74 Å². The molecular weight excluding hydrogens is 384 g/mol. The molecule has 6 nitrogen and oxygen atoms in total. The molecule has 4 rings (SSSR count). The normalized spacial score (nSPS) is 27.1. The van der Waals surface area contributed by atoms with Gasteiger partial charge in [0.2, 0.25) is 6.29 Å². The second kappa shape index (κ2) is 8.24. The molecule has 158 valence electrons. The smallest absolute Gasteiger partial charge is 0.229 e. The summed E-state index contributed by atoms with van der Waals surface area (Å²) in [5, 5.41) is 30.9. The fraction of sp³-hybridized carbons (Fsp3) is 0.333. The molecule has 0 unspecified atom stereocenters. The lowest BCUT2D eigenvalue weighted by Gasteiger charge is -2.38. The van der Waals surface area contributed by atoms with Crippen LogP contribution in [0, 0.1) is 6.92 Å². The summed E-state index contributed by atoms with van der Waals surface area (Å²) >= 11 is 0. The minimum Gasteiger partial charge on any atom is -0.462 e. The lowest BCUT2D eigenvalue weighted by atomic mass is 10.00. The molecule has 5 atom stereocenters. The van der Waals surface area contributed by atoms with Crippen molar-refractivity contribution in [1.82, 2.24) is 0 Å². The minimum absolute atomic E-state index is 0.475. The molecule has 30 heavy (non-hydrogen) atoms. The van der Waals surface area contributed by atoms with Crippen molar-refractivity contribution in [3.05, 3.63) is 59.7 Å². The van der Waals surface area contributed by atoms with Gasteiger partial charge in [-0.15, -0.1) is 0 Å². The first-order valence-corrected chi connectivity index (χ1v) is 10.0. The van der Waals surface area contributed by atoms with Crippen LogP contribution in [0.1, 0.15) is 25.0 Å². The third-order valence-electron chi connectivity index (χ3n) is 5.50. The van der Waals surface area contributed by atoms with E-state index in [0.717, 1.165) is 33.4 Å². The second-order valence-corrected chi connectivity index (χ2v) is 7.64. The van der Waals surface area contributed by atoms with E-state index >= 15 is 0 Å². The average molecular weight is 410 g/mol. The fourth-order valence-corrected chi connectivity index (χ4v) is 3.74. The molecule has 3 N–H and O–H groups in total. The van der Waals surface area contributed by atoms with E-state index < -0.39 is 30.7 Å². The first-order chi connectivity index (χ1) is 14.4. The molecule has 0 aliphatic carbocycles. The Morgan fingerprint density at radius 1 is 0.967 bits per heavy atom. The zero-order valence-corrected chi connectivity index (χ0v) is 17.1. The van der Waals surface area contributed by atoms with Crippen molar-refractivity contribution < 1.29 is 29.2 Å². The van der Waals surface area contributed by atoms with E-state index in [2.05, 4.69) is 12.1 Å². The van der Waals surface area contributed by atoms with Gasteiger partial charge < -0.3 is 29.2 Å². The van der Waals surface area contributed by atoms with Gasteiger partial charge in [-0.05, 0) is 62.7 Å². The van der Waals surface area contributed by atoms with E-state index in [1.807, 2.05) is 44.2 Å². The number of hydrogen-bond acceptors (Lipinski definition) is 6. The Balaban J connectivity index is 1.56. The van der Waals surface area contributed by atoms with Crippen molar-refractivity contribution in [3.63, 3.8) is 0 Å². The maximum Gasteiger partial charge on any atom is 0.229 e. The highest BCUT2D eigenvalue weighted by Crippen LogP contribution is 2.35. The van der Waals surface area contributed by atoms with E-state index in [1.54, 1.807) is 19.1 Å². The van der Waals surface area contributed by atoms with Gasteiger partial charge in [-0.2, -0.15) is 0 Å². The molecule has 0 spiro atoms. The second-order valence-electron chi connectivity index (χ2n) is 7.64. The monoisotopic (exact) mass is 410 g/mol. The summed E-state index contributed by atoms with van der Waals surface area (Å²) in [5.41, 5.74) is 3.91. The van der Waals surface area contributed by atoms with Crippen LogP contribution in [0.15, 0.2) is 53.0 Å². The molecule has 2 aromatic carbocycles. The molecule has 1 aliphatic rings. The third kappa shape index (κ3) is 3.75. The van der Waals surface area contributed by atoms with Gasteiger partial charge in [0.05, 0.1) is 6.10 Å². The third-order valence-corrected chi connectivity index (χ3v) is 5.50. The van der Waals surface area contributed by atoms with Gasteiger partial charge >= 0.3 is 0 Å². The van der Waals surface area contributed by atoms with E-state index in [0.29, 0.717) is 5.75 Å². The summed E-state index contributed by atoms with van der Waals surface area (Å²) in [6.45, 7) is 5.64. The van der Waals surface area contributed by atoms with E-state index in [4.69, 9.17) is 13.9 Å². The van der Waals surface area contributed by atoms with Gasteiger partial charge in [-0.3, -0.25) is 0 Å². The van der Waals surface area contributed by atoms with Crippen molar-refractivity contribution >= 4 is 17.0 Å². The Morgan fingerprint density at radius 3 is 2.40 bits per heavy atom. The molecule has 0 amide bonds. The van der Waals surface area contributed by atoms with Crippen LogP contribution in [0.3, 0.4) is 0 Å². The van der Waals surface area contributed by atoms with Crippen molar-refractivity contribution in [2.24, 2.45) is 0 Å². The number of fused-ring (bicyclic) bond motifs is 1. The highest BCUT2D eigenvalue weighted by molar-refractivity contribution is 5.89. The van der Waals surface area contributed by atoms with Crippen LogP contribution in [0.25, 0.3) is 28.4 Å². The standard InChI is InChI=1S/C24H26O6/c1-4-5-15-6-11-19-18(12-15)13(2)23(30-19)16-7-9-17(10-8-16)29-24-22(27)21(26)20(25)14(3)28-24/h4-12,14,20-22,24-27H,1-3H3/b5-4+/t14-,20-,21+,22+,24-/m0/s1. The summed E-state index contributed by atoms with van der Waals surface area (Å²) < 4.78 is 17.3. The summed E-state index contributed by atoms with van der Waals surface area (Å²) in [6, 6.07) is 13.4. The number of benzene rings is 2. The molecule has 0 saturated carbocycles. The van der Waals surface area contributed by atoms with E-state index in [1.165, 1.54) is 0 Å². The number of aliphatic hydroxyl groups excluding tert-OH is 3. The molecule has 1 saturated heterocycles. The summed E-state index contributed by atoms with van der Waals surface area (Å²) in [6.07, 6.45) is -1.50. The lowest BCUT2D eigenvalue weighted by Crippen LogP contribution is -2.58. The highest BCUT2D eigenvalue weighted by Gasteiger charge is 2.43. The van der Waals surface area contributed by atoms with Crippen molar-refractivity contribution in [3.8, 4) is 17.1 Å². The molecule has 1 aliphatic heterocycles. The first kappa shape index (κ1) is 20.6. The Morgan fingerprint density at radius 2 is 1.70 bits per heavy atom. The number of hydrogen-bond donors (Lipinski definition) is 3. The van der Waals surface area contributed by atoms with Gasteiger partial charge in [0, 0.05) is 16.5 Å². The zero-order valence-electron chi connectivity index (χ0n) is 17.1. The zero-order chi connectivity index (χ0) is 21.4. The van der Waals surface area contributed by atoms with Crippen LogP contribution in [-0.4, -0.2) is 46.0 Å². The summed E-state index contributed by atoms with van der Waals surface area (Å²) in [7, 11) is 0. The average Bonchev–Trinajstić information content (AvgIpc) is 3.07. The van der Waals surface area contributed by atoms with Crippen molar-refractivity contribution in [2.45, 2.75) is 51.5 Å². The Kier molecular flexibility index (Phi) is 5.66. The highest BCUT2D eigenvalue weighted by atomic mass is 16.7. The molecule has 3 aromatic rings. The number of allylic oxidation sites excluding steroid dienone is 1. The van der Waals surface area contributed by atoms with Crippen LogP contribution in [0.4, 0.5) is 0 Å². The molecule has 1 aromatic heterocycles. The fourth-order valence-electron chi connectivity index (χ4n) is 3.74. The molecule has 0 radical (unpaired) electrons. The predicted molar refractivity (Wildman–Crippen MR) is 114 cm³/mol. The van der Waals surface area contributed by atoms with Crippen LogP contribution >= 0.6 is 0 Å². The predicted octanol–water partition coefficient (Wildman–Crippen LogP) is 3.65. The Labute approximate surface area is 175 Å². The molecule has 2 heterocycles. The number of aliphatic hydroxyl groups is 3. The largest absolute Gasteiger partial charge is 0.462 e. The SMILES string of the molecule is C/C=C/c1ccc2oc(-c3ccc(O[C@@H]4O[C@@H](C)[C@H](O)[C@@H](O)[C@H]4O)cc3)c(C)c2c1. The summed E-state index contributed by atoms with van der Waals surface area (Å²) in [4.78, 5) is 0. The number of aryl methyl sites for hydroxylation is 1. The maximum absolute atomic E-state index is 10.1. The summed E-state index contributed by atoms with van der Waals surface area (Å²) in [5.74, 6) is 1.26. The van der Waals surface area contributed by atoms with Gasteiger partial charge in [-0.25, -0.2) is 0 Å².